The molecule has 0 spiro atoms. The lowest BCUT2D eigenvalue weighted by Crippen LogP contribution is -2.56. The summed E-state index contributed by atoms with van der Waals surface area (Å²) in [7, 11) is 0. The predicted molar refractivity (Wildman–Crippen MR) is 84.2 cm³/mol. The molecule has 0 fully saturated rings. The van der Waals surface area contributed by atoms with Crippen molar-refractivity contribution < 1.29 is 14.3 Å². The second kappa shape index (κ2) is 5.35. The summed E-state index contributed by atoms with van der Waals surface area (Å²) in [5.41, 5.74) is -0.619. The van der Waals surface area contributed by atoms with E-state index in [0.717, 1.165) is 0 Å². The summed E-state index contributed by atoms with van der Waals surface area (Å²) >= 11 is 5.88. The van der Waals surface area contributed by atoms with Crippen molar-refractivity contribution in [2.75, 3.05) is 10.6 Å². The van der Waals surface area contributed by atoms with Crippen LogP contribution in [0.5, 0.6) is 5.75 Å². The molecular formula is C16H13ClN2O3. The third-order valence-electron chi connectivity index (χ3n) is 3.40. The molecule has 22 heavy (non-hydrogen) atoms. The van der Waals surface area contributed by atoms with Gasteiger partial charge in [-0.05, 0) is 37.3 Å². The summed E-state index contributed by atoms with van der Waals surface area (Å²) in [6.45, 7) is 1.43. The molecule has 2 aromatic rings. The second-order valence-electron chi connectivity index (χ2n) is 5.05. The van der Waals surface area contributed by atoms with Gasteiger partial charge < -0.3 is 15.4 Å². The van der Waals surface area contributed by atoms with E-state index in [1.807, 2.05) is 6.07 Å². The molecule has 0 aromatic heterocycles. The van der Waals surface area contributed by atoms with E-state index in [9.17, 15) is 9.59 Å². The number of hydrogen-bond acceptors (Lipinski definition) is 3. The maximum atomic E-state index is 12.5. The molecule has 1 aliphatic heterocycles. The Balaban J connectivity index is 1.88. The van der Waals surface area contributed by atoms with Crippen molar-refractivity contribution in [2.45, 2.75) is 12.5 Å². The third-order valence-corrected chi connectivity index (χ3v) is 3.64. The number of hydrogen-bond donors (Lipinski definition) is 2. The summed E-state index contributed by atoms with van der Waals surface area (Å²) in [6, 6.07) is 13.7. The standard InChI is InChI=1S/C16H13ClN2O3/c1-16(14(20)18-11-5-3-2-4-6-11)15(21)19-12-9-10(17)7-8-13(12)22-16/h2-9H,1H3,(H,18,20)(H,19,21)/t16-/m1/s1. The van der Waals surface area contributed by atoms with Crippen molar-refractivity contribution in [3.05, 3.63) is 53.6 Å². The maximum Gasteiger partial charge on any atom is 0.278 e. The van der Waals surface area contributed by atoms with E-state index in [4.69, 9.17) is 16.3 Å². The number of nitrogens with one attached hydrogen (secondary N) is 2. The van der Waals surface area contributed by atoms with Crippen LogP contribution in [0.1, 0.15) is 6.92 Å². The van der Waals surface area contributed by atoms with Crippen LogP contribution in [-0.4, -0.2) is 17.4 Å². The number of carbonyl (C=O) groups excluding carboxylic acids is 2. The zero-order valence-electron chi connectivity index (χ0n) is 11.7. The van der Waals surface area contributed by atoms with Crippen molar-refractivity contribution in [3.8, 4) is 5.75 Å². The molecule has 0 unspecified atom stereocenters. The fraction of sp³-hybridized carbons (Fsp3) is 0.125. The molecule has 0 saturated heterocycles. The quantitative estimate of drug-likeness (QED) is 0.837. The van der Waals surface area contributed by atoms with Crippen LogP contribution in [0.15, 0.2) is 48.5 Å². The lowest BCUT2D eigenvalue weighted by atomic mass is 10.0. The van der Waals surface area contributed by atoms with Crippen LogP contribution < -0.4 is 15.4 Å². The minimum atomic E-state index is -1.66. The Hall–Kier alpha value is -2.53. The molecule has 0 aliphatic carbocycles. The topological polar surface area (TPSA) is 67.4 Å². The number of amides is 2. The monoisotopic (exact) mass is 316 g/mol. The Bertz CT molecular complexity index is 748. The Labute approximate surface area is 132 Å². The normalized spacial score (nSPS) is 19.6. The smallest absolute Gasteiger partial charge is 0.278 e. The SMILES string of the molecule is C[C@]1(C(=O)Nc2ccccc2)Oc2ccc(Cl)cc2NC1=O. The fourth-order valence-corrected chi connectivity index (χ4v) is 2.29. The average molecular weight is 317 g/mol. The third kappa shape index (κ3) is 2.51. The predicted octanol–water partition coefficient (Wildman–Crippen LogP) is 3.07. The molecule has 2 amide bonds. The number of anilines is 2. The summed E-state index contributed by atoms with van der Waals surface area (Å²) in [5, 5.41) is 5.79. The van der Waals surface area contributed by atoms with Crippen molar-refractivity contribution in [2.24, 2.45) is 0 Å². The molecule has 3 rings (SSSR count). The minimum Gasteiger partial charge on any atom is -0.466 e. The van der Waals surface area contributed by atoms with E-state index in [1.54, 1.807) is 42.5 Å². The zero-order valence-corrected chi connectivity index (χ0v) is 12.5. The number of fused-ring (bicyclic) bond motifs is 1. The first kappa shape index (κ1) is 14.4. The van der Waals surface area contributed by atoms with Crippen LogP contribution in [0.25, 0.3) is 0 Å². The van der Waals surface area contributed by atoms with Crippen molar-refractivity contribution >= 4 is 34.8 Å². The van der Waals surface area contributed by atoms with E-state index in [-0.39, 0.29) is 0 Å². The van der Waals surface area contributed by atoms with E-state index >= 15 is 0 Å². The first-order chi connectivity index (χ1) is 10.5. The van der Waals surface area contributed by atoms with Gasteiger partial charge in [0.2, 0.25) is 0 Å². The molecule has 1 aliphatic rings. The first-order valence-corrected chi connectivity index (χ1v) is 7.03. The van der Waals surface area contributed by atoms with Gasteiger partial charge in [0.1, 0.15) is 5.75 Å². The molecule has 2 N–H and O–H groups in total. The zero-order chi connectivity index (χ0) is 15.7. The molecule has 5 nitrogen and oxygen atoms in total. The van der Waals surface area contributed by atoms with Crippen LogP contribution in [0.3, 0.4) is 0 Å². The van der Waals surface area contributed by atoms with Gasteiger partial charge in [0.15, 0.2) is 0 Å². The second-order valence-corrected chi connectivity index (χ2v) is 5.49. The molecule has 0 saturated carbocycles. The highest BCUT2D eigenvalue weighted by Gasteiger charge is 2.47. The molecule has 0 radical (unpaired) electrons. The van der Waals surface area contributed by atoms with Crippen molar-refractivity contribution in [3.63, 3.8) is 0 Å². The Morgan fingerprint density at radius 3 is 2.68 bits per heavy atom. The Kier molecular flexibility index (Phi) is 3.50. The van der Waals surface area contributed by atoms with Crippen LogP contribution in [-0.2, 0) is 9.59 Å². The van der Waals surface area contributed by atoms with Crippen LogP contribution >= 0.6 is 11.6 Å². The largest absolute Gasteiger partial charge is 0.466 e. The fourth-order valence-electron chi connectivity index (χ4n) is 2.12. The minimum absolute atomic E-state index is 0.398. The van der Waals surface area contributed by atoms with Gasteiger partial charge in [-0.25, -0.2) is 0 Å². The highest BCUT2D eigenvalue weighted by atomic mass is 35.5. The van der Waals surface area contributed by atoms with Crippen LogP contribution in [0.2, 0.25) is 5.02 Å². The van der Waals surface area contributed by atoms with Gasteiger partial charge in [-0.15, -0.1) is 0 Å². The van der Waals surface area contributed by atoms with E-state index in [2.05, 4.69) is 10.6 Å². The van der Waals surface area contributed by atoms with Gasteiger partial charge in [0, 0.05) is 10.7 Å². The van der Waals surface area contributed by atoms with Gasteiger partial charge in [-0.2, -0.15) is 0 Å². The van der Waals surface area contributed by atoms with Crippen molar-refractivity contribution in [1.29, 1.82) is 0 Å². The van der Waals surface area contributed by atoms with Crippen LogP contribution in [0, 0.1) is 0 Å². The first-order valence-electron chi connectivity index (χ1n) is 6.65. The Morgan fingerprint density at radius 1 is 1.23 bits per heavy atom. The van der Waals surface area contributed by atoms with Gasteiger partial charge in [-0.3, -0.25) is 9.59 Å². The highest BCUT2D eigenvalue weighted by Crippen LogP contribution is 2.35. The lowest BCUT2D eigenvalue weighted by Gasteiger charge is -2.33. The van der Waals surface area contributed by atoms with Gasteiger partial charge in [0.05, 0.1) is 5.69 Å². The number of halogens is 1. The number of rotatable bonds is 2. The molecule has 112 valence electrons. The molecule has 2 aromatic carbocycles. The molecule has 0 bridgehead atoms. The molecule has 1 heterocycles. The number of benzene rings is 2. The van der Waals surface area contributed by atoms with Gasteiger partial charge >= 0.3 is 0 Å². The summed E-state index contributed by atoms with van der Waals surface area (Å²) < 4.78 is 5.64. The summed E-state index contributed by atoms with van der Waals surface area (Å²) in [4.78, 5) is 24.7. The summed E-state index contributed by atoms with van der Waals surface area (Å²) in [5.74, 6) is -0.692. The molecule has 1 atom stereocenters. The number of carbonyl (C=O) groups is 2. The van der Waals surface area contributed by atoms with Crippen LogP contribution in [0.4, 0.5) is 11.4 Å². The lowest BCUT2D eigenvalue weighted by molar-refractivity contribution is -0.143. The highest BCUT2D eigenvalue weighted by molar-refractivity contribution is 6.31. The van der Waals surface area contributed by atoms with E-state index < -0.39 is 17.4 Å². The number of ether oxygens (including phenoxy) is 1. The average Bonchev–Trinajstić information content (AvgIpc) is 2.50. The summed E-state index contributed by atoms with van der Waals surface area (Å²) in [6.07, 6.45) is 0. The van der Waals surface area contributed by atoms with Gasteiger partial charge in [-0.1, -0.05) is 29.8 Å². The molecule has 6 heteroatoms. The maximum absolute atomic E-state index is 12.5. The van der Waals surface area contributed by atoms with E-state index in [0.29, 0.717) is 22.1 Å². The van der Waals surface area contributed by atoms with E-state index in [1.165, 1.54) is 6.92 Å². The Morgan fingerprint density at radius 2 is 1.95 bits per heavy atom. The van der Waals surface area contributed by atoms with Crippen molar-refractivity contribution in [1.82, 2.24) is 0 Å². The van der Waals surface area contributed by atoms with Gasteiger partial charge in [0.25, 0.3) is 17.4 Å². The molecular weight excluding hydrogens is 304 g/mol. The number of para-hydroxylation sites is 1.